The van der Waals surface area contributed by atoms with Gasteiger partial charge in [-0.3, -0.25) is 0 Å². The molecular weight excluding hydrogens is 415 g/mol. The molecule has 1 aromatic carbocycles. The van der Waals surface area contributed by atoms with Crippen molar-refractivity contribution in [3.63, 3.8) is 0 Å². The van der Waals surface area contributed by atoms with Gasteiger partial charge in [0.15, 0.2) is 0 Å². The Morgan fingerprint density at radius 1 is 0.938 bits per heavy atom. The number of hydrogen-bond acceptors (Lipinski definition) is 0. The van der Waals surface area contributed by atoms with Crippen molar-refractivity contribution in [3.05, 3.63) is 52.8 Å². The van der Waals surface area contributed by atoms with Crippen molar-refractivity contribution < 1.29 is 4.39 Å². The predicted octanol–water partition coefficient (Wildman–Crippen LogP) is 9.80. The maximum atomic E-state index is 14.5. The van der Waals surface area contributed by atoms with Gasteiger partial charge in [-0.1, -0.05) is 68.5 Å². The molecule has 0 radical (unpaired) electrons. The molecule has 2 heteroatoms. The highest BCUT2D eigenvalue weighted by molar-refractivity contribution is 6.32. The van der Waals surface area contributed by atoms with Gasteiger partial charge >= 0.3 is 0 Å². The predicted molar refractivity (Wildman–Crippen MR) is 136 cm³/mol. The monoisotopic (exact) mass is 456 g/mol. The lowest BCUT2D eigenvalue weighted by Crippen LogP contribution is -2.23. The first-order valence-electron chi connectivity index (χ1n) is 13.4. The molecule has 4 rings (SSSR count). The van der Waals surface area contributed by atoms with Crippen LogP contribution in [0.5, 0.6) is 0 Å². The van der Waals surface area contributed by atoms with E-state index in [0.29, 0.717) is 17.0 Å². The molecule has 0 nitrogen and oxygen atoms in total. The Hall–Kier alpha value is -1.08. The van der Waals surface area contributed by atoms with Crippen LogP contribution < -0.4 is 0 Å². The Morgan fingerprint density at radius 2 is 1.59 bits per heavy atom. The highest BCUT2D eigenvalue weighted by atomic mass is 35.5. The third-order valence-electron chi connectivity index (χ3n) is 9.11. The quantitative estimate of drug-likeness (QED) is 0.358. The lowest BCUT2D eigenvalue weighted by molar-refractivity contribution is 0.178. The second-order valence-corrected chi connectivity index (χ2v) is 11.3. The van der Waals surface area contributed by atoms with Crippen LogP contribution in [0.4, 0.5) is 4.39 Å². The summed E-state index contributed by atoms with van der Waals surface area (Å²) in [5.74, 6) is 4.22. The molecule has 0 aromatic heterocycles. The zero-order valence-electron chi connectivity index (χ0n) is 20.1. The average Bonchev–Trinajstić information content (AvgIpc) is 2.85. The Bertz CT molecular complexity index is 793. The second-order valence-electron chi connectivity index (χ2n) is 10.9. The highest BCUT2D eigenvalue weighted by Gasteiger charge is 2.30. The number of benzene rings is 1. The van der Waals surface area contributed by atoms with Crippen LogP contribution in [0.25, 0.3) is 5.57 Å². The highest BCUT2D eigenvalue weighted by Crippen LogP contribution is 2.44. The largest absolute Gasteiger partial charge is 0.205 e. The normalized spacial score (nSPS) is 31.2. The van der Waals surface area contributed by atoms with E-state index in [4.69, 9.17) is 11.6 Å². The van der Waals surface area contributed by atoms with Crippen molar-refractivity contribution >= 4 is 17.2 Å². The molecule has 32 heavy (non-hydrogen) atoms. The number of hydrogen-bond donors (Lipinski definition) is 0. The van der Waals surface area contributed by atoms with Gasteiger partial charge in [0.05, 0.1) is 5.02 Å². The lowest BCUT2D eigenvalue weighted by atomic mass is 9.69. The van der Waals surface area contributed by atoms with Crippen molar-refractivity contribution in [1.29, 1.82) is 0 Å². The van der Waals surface area contributed by atoms with Crippen LogP contribution in [0.2, 0.25) is 5.02 Å². The minimum Gasteiger partial charge on any atom is -0.205 e. The molecule has 176 valence electrons. The van der Waals surface area contributed by atoms with Gasteiger partial charge in [-0.05, 0) is 110 Å². The van der Waals surface area contributed by atoms with Crippen LogP contribution >= 0.6 is 11.6 Å². The lowest BCUT2D eigenvalue weighted by Gasteiger charge is -2.36. The molecule has 0 aliphatic heterocycles. The van der Waals surface area contributed by atoms with Crippen LogP contribution in [-0.2, 0) is 6.42 Å². The van der Waals surface area contributed by atoms with Gasteiger partial charge in [-0.15, -0.1) is 6.58 Å². The van der Waals surface area contributed by atoms with Gasteiger partial charge in [0.1, 0.15) is 5.82 Å². The topological polar surface area (TPSA) is 0 Å². The molecule has 0 spiro atoms. The molecule has 3 aliphatic carbocycles. The zero-order valence-corrected chi connectivity index (χ0v) is 20.8. The minimum atomic E-state index is -0.221. The fourth-order valence-corrected chi connectivity index (χ4v) is 7.08. The number of halogens is 2. The Balaban J connectivity index is 1.22. The van der Waals surface area contributed by atoms with Crippen molar-refractivity contribution in [1.82, 2.24) is 0 Å². The first-order valence-corrected chi connectivity index (χ1v) is 13.8. The van der Waals surface area contributed by atoms with Gasteiger partial charge in [0.25, 0.3) is 0 Å². The van der Waals surface area contributed by atoms with Gasteiger partial charge in [-0.2, -0.15) is 0 Å². The standard InChI is InChI=1S/C30H42ClF/c1-3-21-5-7-22(8-6-21)9-10-23-11-13-25(14-12-23)26-15-17-27(18-16-26)28-20-19-24(4-2)30(32)29(28)31/h3,17,19-23,25-26H,1,4-16,18H2,2H3. The van der Waals surface area contributed by atoms with Crippen molar-refractivity contribution in [2.75, 3.05) is 0 Å². The van der Waals surface area contributed by atoms with E-state index in [0.717, 1.165) is 48.0 Å². The molecule has 0 N–H and O–H groups in total. The van der Waals surface area contributed by atoms with E-state index in [1.165, 1.54) is 76.2 Å². The number of aryl methyl sites for hydroxylation is 1. The van der Waals surface area contributed by atoms with Gasteiger partial charge in [-0.25, -0.2) is 4.39 Å². The molecular formula is C30H42ClF. The first kappa shape index (κ1) is 24.1. The third kappa shape index (κ3) is 5.69. The Morgan fingerprint density at radius 3 is 2.16 bits per heavy atom. The maximum Gasteiger partial charge on any atom is 0.145 e. The second kappa shape index (κ2) is 11.4. The van der Waals surface area contributed by atoms with Crippen LogP contribution in [0.1, 0.15) is 102 Å². The molecule has 2 saturated carbocycles. The van der Waals surface area contributed by atoms with Crippen LogP contribution in [0.15, 0.2) is 30.9 Å². The fraction of sp³-hybridized carbons (Fsp3) is 0.667. The Kier molecular flexibility index (Phi) is 8.55. The summed E-state index contributed by atoms with van der Waals surface area (Å²) < 4.78 is 14.5. The van der Waals surface area contributed by atoms with E-state index in [1.807, 2.05) is 19.1 Å². The summed E-state index contributed by atoms with van der Waals surface area (Å²) in [6.45, 7) is 5.96. The summed E-state index contributed by atoms with van der Waals surface area (Å²) in [6, 6.07) is 3.95. The van der Waals surface area contributed by atoms with Crippen LogP contribution in [0, 0.1) is 35.4 Å². The van der Waals surface area contributed by atoms with Crippen molar-refractivity contribution in [2.24, 2.45) is 29.6 Å². The summed E-state index contributed by atoms with van der Waals surface area (Å²) in [6.07, 6.45) is 22.9. The molecule has 0 heterocycles. The summed E-state index contributed by atoms with van der Waals surface area (Å²) in [7, 11) is 0. The van der Waals surface area contributed by atoms with E-state index < -0.39 is 0 Å². The zero-order chi connectivity index (χ0) is 22.5. The van der Waals surface area contributed by atoms with Crippen molar-refractivity contribution in [2.45, 2.75) is 96.8 Å². The molecule has 1 aromatic rings. The minimum absolute atomic E-state index is 0.221. The van der Waals surface area contributed by atoms with E-state index in [2.05, 4.69) is 18.7 Å². The van der Waals surface area contributed by atoms with Gasteiger partial charge < -0.3 is 0 Å². The van der Waals surface area contributed by atoms with E-state index in [-0.39, 0.29) is 5.82 Å². The smallest absolute Gasteiger partial charge is 0.145 e. The summed E-state index contributed by atoms with van der Waals surface area (Å²) >= 11 is 6.39. The van der Waals surface area contributed by atoms with Crippen LogP contribution in [-0.4, -0.2) is 0 Å². The molecule has 0 amide bonds. The van der Waals surface area contributed by atoms with E-state index in [1.54, 1.807) is 0 Å². The molecule has 1 atom stereocenters. The SMILES string of the molecule is C=CC1CCC(CCC2CCC(C3CC=C(c4ccc(CC)c(F)c4Cl)CC3)CC2)CC1. The third-order valence-corrected chi connectivity index (χ3v) is 9.48. The van der Waals surface area contributed by atoms with E-state index in [9.17, 15) is 4.39 Å². The maximum absolute atomic E-state index is 14.5. The van der Waals surface area contributed by atoms with Gasteiger partial charge in [0.2, 0.25) is 0 Å². The van der Waals surface area contributed by atoms with Gasteiger partial charge in [0, 0.05) is 0 Å². The average molecular weight is 457 g/mol. The number of rotatable bonds is 7. The fourth-order valence-electron chi connectivity index (χ4n) is 6.77. The first-order chi connectivity index (χ1) is 15.6. The molecule has 0 saturated heterocycles. The Labute approximate surface area is 200 Å². The molecule has 1 unspecified atom stereocenters. The van der Waals surface area contributed by atoms with E-state index >= 15 is 0 Å². The molecule has 3 aliphatic rings. The van der Waals surface area contributed by atoms with Crippen molar-refractivity contribution in [3.8, 4) is 0 Å². The number of allylic oxidation sites excluding steroid dienone is 3. The summed E-state index contributed by atoms with van der Waals surface area (Å²) in [4.78, 5) is 0. The van der Waals surface area contributed by atoms with Crippen LogP contribution in [0.3, 0.4) is 0 Å². The molecule has 2 fully saturated rings. The summed E-state index contributed by atoms with van der Waals surface area (Å²) in [5.41, 5.74) is 2.90. The molecule has 0 bridgehead atoms. The summed E-state index contributed by atoms with van der Waals surface area (Å²) in [5, 5.41) is 0.326.